The van der Waals surface area contributed by atoms with Crippen molar-refractivity contribution >= 4 is 29.0 Å². The number of carbonyl (C=O) groups is 1. The number of nitrogens with two attached hydrogens (primary N) is 2. The standard InChI is InChI=1S/C18H18N6O/c19-13-6-8-14(9-7-13)23-18-22-11-15(16(20)25)17(24-18)21-10-12-4-2-1-3-5-12/h1-9,11H,10,19H2,(H2,20,25)(H2,21,22,23,24). The first-order valence-corrected chi connectivity index (χ1v) is 7.69. The molecule has 0 unspecified atom stereocenters. The summed E-state index contributed by atoms with van der Waals surface area (Å²) in [7, 11) is 0. The molecule has 0 aliphatic carbocycles. The largest absolute Gasteiger partial charge is 0.399 e. The van der Waals surface area contributed by atoms with Crippen LogP contribution < -0.4 is 22.1 Å². The minimum atomic E-state index is -0.588. The maximum atomic E-state index is 11.6. The van der Waals surface area contributed by atoms with Crippen LogP contribution in [0.4, 0.5) is 23.1 Å². The van der Waals surface area contributed by atoms with Gasteiger partial charge in [-0.2, -0.15) is 4.98 Å². The number of hydrogen-bond acceptors (Lipinski definition) is 6. The van der Waals surface area contributed by atoms with Crippen molar-refractivity contribution in [2.75, 3.05) is 16.4 Å². The van der Waals surface area contributed by atoms with Gasteiger partial charge < -0.3 is 22.1 Å². The van der Waals surface area contributed by atoms with E-state index in [2.05, 4.69) is 20.6 Å². The zero-order valence-electron chi connectivity index (χ0n) is 13.4. The molecule has 3 aromatic rings. The Morgan fingerprint density at radius 3 is 2.44 bits per heavy atom. The second-order valence-corrected chi connectivity index (χ2v) is 5.41. The van der Waals surface area contributed by atoms with E-state index in [1.54, 1.807) is 12.1 Å². The number of benzene rings is 2. The maximum absolute atomic E-state index is 11.6. The molecule has 1 aromatic heterocycles. The number of amides is 1. The van der Waals surface area contributed by atoms with Crippen LogP contribution >= 0.6 is 0 Å². The lowest BCUT2D eigenvalue weighted by atomic mass is 10.2. The number of rotatable bonds is 6. The first-order valence-electron chi connectivity index (χ1n) is 7.69. The molecule has 1 heterocycles. The highest BCUT2D eigenvalue weighted by atomic mass is 16.1. The molecule has 7 nitrogen and oxygen atoms in total. The van der Waals surface area contributed by atoms with Gasteiger partial charge in [-0.25, -0.2) is 4.98 Å². The average molecular weight is 334 g/mol. The van der Waals surface area contributed by atoms with Gasteiger partial charge in [-0.15, -0.1) is 0 Å². The van der Waals surface area contributed by atoms with Gasteiger partial charge in [0.1, 0.15) is 5.82 Å². The average Bonchev–Trinajstić information content (AvgIpc) is 2.63. The van der Waals surface area contributed by atoms with Crippen LogP contribution in [0.2, 0.25) is 0 Å². The lowest BCUT2D eigenvalue weighted by Gasteiger charge is -2.11. The van der Waals surface area contributed by atoms with E-state index in [0.717, 1.165) is 11.3 Å². The van der Waals surface area contributed by atoms with Gasteiger partial charge in [0.05, 0.1) is 5.56 Å². The topological polar surface area (TPSA) is 119 Å². The minimum absolute atomic E-state index is 0.235. The third kappa shape index (κ3) is 4.23. The lowest BCUT2D eigenvalue weighted by Crippen LogP contribution is -2.17. The van der Waals surface area contributed by atoms with Crippen molar-refractivity contribution in [3.63, 3.8) is 0 Å². The first kappa shape index (κ1) is 16.3. The van der Waals surface area contributed by atoms with Crippen LogP contribution in [0, 0.1) is 0 Å². The van der Waals surface area contributed by atoms with Crippen molar-refractivity contribution < 1.29 is 4.79 Å². The normalized spacial score (nSPS) is 10.2. The summed E-state index contributed by atoms with van der Waals surface area (Å²) in [5, 5.41) is 6.20. The number of carbonyl (C=O) groups excluding carboxylic acids is 1. The van der Waals surface area contributed by atoms with Crippen molar-refractivity contribution in [2.24, 2.45) is 5.73 Å². The molecule has 25 heavy (non-hydrogen) atoms. The Morgan fingerprint density at radius 1 is 1.04 bits per heavy atom. The lowest BCUT2D eigenvalue weighted by molar-refractivity contribution is 0.100. The summed E-state index contributed by atoms with van der Waals surface area (Å²) >= 11 is 0. The molecule has 0 aliphatic heterocycles. The van der Waals surface area contributed by atoms with Gasteiger partial charge in [-0.05, 0) is 29.8 Å². The predicted molar refractivity (Wildman–Crippen MR) is 98.5 cm³/mol. The van der Waals surface area contributed by atoms with Crippen LogP contribution in [0.1, 0.15) is 15.9 Å². The molecule has 0 bridgehead atoms. The van der Waals surface area contributed by atoms with Crippen LogP contribution in [0.15, 0.2) is 60.8 Å². The predicted octanol–water partition coefficient (Wildman–Crippen LogP) is 2.51. The molecule has 0 fully saturated rings. The van der Waals surface area contributed by atoms with Gasteiger partial charge in [-0.3, -0.25) is 4.79 Å². The van der Waals surface area contributed by atoms with Crippen molar-refractivity contribution in [2.45, 2.75) is 6.54 Å². The van der Waals surface area contributed by atoms with E-state index in [1.165, 1.54) is 6.20 Å². The Balaban J connectivity index is 1.81. The summed E-state index contributed by atoms with van der Waals surface area (Å²) < 4.78 is 0. The molecule has 7 heteroatoms. The maximum Gasteiger partial charge on any atom is 0.254 e. The Labute approximate surface area is 145 Å². The Hall–Kier alpha value is -3.61. The van der Waals surface area contributed by atoms with Gasteiger partial charge >= 0.3 is 0 Å². The number of nitrogens with one attached hydrogen (secondary N) is 2. The van der Waals surface area contributed by atoms with Crippen LogP contribution in [0.3, 0.4) is 0 Å². The molecule has 0 radical (unpaired) electrons. The fourth-order valence-electron chi connectivity index (χ4n) is 2.23. The van der Waals surface area contributed by atoms with Crippen molar-refractivity contribution in [1.29, 1.82) is 0 Å². The molecule has 0 saturated carbocycles. The van der Waals surface area contributed by atoms with Crippen LogP contribution in [-0.2, 0) is 6.54 Å². The number of aromatic nitrogens is 2. The minimum Gasteiger partial charge on any atom is -0.399 e. The molecule has 3 rings (SSSR count). The van der Waals surface area contributed by atoms with E-state index < -0.39 is 5.91 Å². The smallest absolute Gasteiger partial charge is 0.254 e. The Morgan fingerprint density at radius 2 is 1.76 bits per heavy atom. The highest BCUT2D eigenvalue weighted by molar-refractivity contribution is 5.97. The third-order valence-corrected chi connectivity index (χ3v) is 3.52. The van der Waals surface area contributed by atoms with Crippen LogP contribution in [0.5, 0.6) is 0 Å². The van der Waals surface area contributed by atoms with Gasteiger partial charge in [0.15, 0.2) is 0 Å². The number of primary amides is 1. The molecular weight excluding hydrogens is 316 g/mol. The molecule has 1 amide bonds. The van der Waals surface area contributed by atoms with E-state index in [9.17, 15) is 4.79 Å². The highest BCUT2D eigenvalue weighted by Gasteiger charge is 2.12. The summed E-state index contributed by atoms with van der Waals surface area (Å²) in [5.74, 6) is 0.143. The molecule has 0 spiro atoms. The van der Waals surface area contributed by atoms with Crippen LogP contribution in [0.25, 0.3) is 0 Å². The fraction of sp³-hybridized carbons (Fsp3) is 0.0556. The Kier molecular flexibility index (Phi) is 4.75. The molecule has 0 saturated heterocycles. The molecular formula is C18H18N6O. The molecule has 0 atom stereocenters. The summed E-state index contributed by atoms with van der Waals surface area (Å²) in [4.78, 5) is 20.1. The SMILES string of the molecule is NC(=O)c1cnc(Nc2ccc(N)cc2)nc1NCc1ccccc1. The highest BCUT2D eigenvalue weighted by Crippen LogP contribution is 2.19. The third-order valence-electron chi connectivity index (χ3n) is 3.52. The monoisotopic (exact) mass is 334 g/mol. The summed E-state index contributed by atoms with van der Waals surface area (Å²) in [6.45, 7) is 0.513. The molecule has 0 aliphatic rings. The van der Waals surface area contributed by atoms with Crippen LogP contribution in [-0.4, -0.2) is 15.9 Å². The molecule has 2 aromatic carbocycles. The molecule has 6 N–H and O–H groups in total. The van der Waals surface area contributed by atoms with Gasteiger partial charge in [-0.1, -0.05) is 30.3 Å². The Bertz CT molecular complexity index is 864. The second-order valence-electron chi connectivity index (χ2n) is 5.41. The van der Waals surface area contributed by atoms with E-state index in [0.29, 0.717) is 24.0 Å². The quantitative estimate of drug-likeness (QED) is 0.514. The number of hydrogen-bond donors (Lipinski definition) is 4. The van der Waals surface area contributed by atoms with Gasteiger partial charge in [0.2, 0.25) is 5.95 Å². The van der Waals surface area contributed by atoms with Gasteiger partial charge in [0.25, 0.3) is 5.91 Å². The van der Waals surface area contributed by atoms with Gasteiger partial charge in [0, 0.05) is 24.1 Å². The zero-order valence-corrected chi connectivity index (χ0v) is 13.4. The summed E-state index contributed by atoms with van der Waals surface area (Å²) in [5.41, 5.74) is 13.8. The van der Waals surface area contributed by atoms with Crippen molar-refractivity contribution in [3.8, 4) is 0 Å². The van der Waals surface area contributed by atoms with Crippen molar-refractivity contribution in [3.05, 3.63) is 71.9 Å². The number of anilines is 4. The summed E-state index contributed by atoms with van der Waals surface area (Å²) in [6, 6.07) is 17.0. The molecule has 126 valence electrons. The van der Waals surface area contributed by atoms with E-state index >= 15 is 0 Å². The zero-order chi connectivity index (χ0) is 17.6. The summed E-state index contributed by atoms with van der Waals surface area (Å²) in [6.07, 6.45) is 1.41. The second kappa shape index (κ2) is 7.31. The number of nitrogens with zero attached hydrogens (tertiary/aromatic N) is 2. The first-order chi connectivity index (χ1) is 12.1. The number of nitrogen functional groups attached to an aromatic ring is 1. The van der Waals surface area contributed by atoms with E-state index in [4.69, 9.17) is 11.5 Å². The van der Waals surface area contributed by atoms with E-state index in [1.807, 2.05) is 42.5 Å². The van der Waals surface area contributed by atoms with E-state index in [-0.39, 0.29) is 5.56 Å². The van der Waals surface area contributed by atoms with Crippen molar-refractivity contribution in [1.82, 2.24) is 9.97 Å². The fourth-order valence-corrected chi connectivity index (χ4v) is 2.23.